The third-order valence-electron chi connectivity index (χ3n) is 3.39. The molecule has 0 spiro atoms. The van der Waals surface area contributed by atoms with Gasteiger partial charge in [0.2, 0.25) is 0 Å². The summed E-state index contributed by atoms with van der Waals surface area (Å²) in [6.45, 7) is 8.24. The molecular formula is C15H25NO2S. The molecule has 0 aliphatic carbocycles. The fourth-order valence-electron chi connectivity index (χ4n) is 2.64. The molecule has 1 aromatic heterocycles. The van der Waals surface area contributed by atoms with Gasteiger partial charge in [-0.25, -0.2) is 0 Å². The van der Waals surface area contributed by atoms with E-state index in [2.05, 4.69) is 43.6 Å². The molecule has 3 atom stereocenters. The summed E-state index contributed by atoms with van der Waals surface area (Å²) in [5.74, 6) is 0. The second-order valence-electron chi connectivity index (χ2n) is 5.51. The Morgan fingerprint density at radius 1 is 1.42 bits per heavy atom. The number of rotatable bonds is 6. The Bertz CT molecular complexity index is 345. The minimum Gasteiger partial charge on any atom is -0.375 e. The Kier molecular flexibility index (Phi) is 5.82. The van der Waals surface area contributed by atoms with Crippen LogP contribution in [0.2, 0.25) is 0 Å². The van der Waals surface area contributed by atoms with Gasteiger partial charge in [0.25, 0.3) is 0 Å². The minimum absolute atomic E-state index is 0.252. The quantitative estimate of drug-likeness (QED) is 0.869. The third-order valence-corrected chi connectivity index (χ3v) is 4.27. The van der Waals surface area contributed by atoms with Crippen LogP contribution in [0.1, 0.15) is 38.5 Å². The van der Waals surface area contributed by atoms with E-state index < -0.39 is 0 Å². The van der Waals surface area contributed by atoms with E-state index in [0.717, 1.165) is 25.9 Å². The summed E-state index contributed by atoms with van der Waals surface area (Å²) in [6, 6.07) is 4.25. The van der Waals surface area contributed by atoms with E-state index in [1.54, 1.807) is 11.3 Å². The maximum absolute atomic E-state index is 6.11. The summed E-state index contributed by atoms with van der Waals surface area (Å²) < 4.78 is 11.8. The SMILES string of the molecule is CC1CC(OC(C)CNCc2cccs2)CC(C)O1. The van der Waals surface area contributed by atoms with Crippen LogP contribution in [0.5, 0.6) is 0 Å². The first kappa shape index (κ1) is 15.0. The van der Waals surface area contributed by atoms with E-state index in [9.17, 15) is 0 Å². The molecule has 1 aromatic rings. The van der Waals surface area contributed by atoms with Gasteiger partial charge in [-0.2, -0.15) is 0 Å². The van der Waals surface area contributed by atoms with Crippen LogP contribution < -0.4 is 5.32 Å². The van der Waals surface area contributed by atoms with Crippen molar-refractivity contribution in [3.8, 4) is 0 Å². The average molecular weight is 283 g/mol. The Balaban J connectivity index is 1.64. The molecule has 0 radical (unpaired) electrons. The van der Waals surface area contributed by atoms with E-state index >= 15 is 0 Å². The lowest BCUT2D eigenvalue weighted by molar-refractivity contribution is -0.117. The molecule has 1 aliphatic rings. The summed E-state index contributed by atoms with van der Waals surface area (Å²) in [7, 11) is 0. The van der Waals surface area contributed by atoms with Gasteiger partial charge in [-0.1, -0.05) is 6.07 Å². The summed E-state index contributed by atoms with van der Waals surface area (Å²) >= 11 is 1.79. The van der Waals surface area contributed by atoms with E-state index in [-0.39, 0.29) is 6.10 Å². The van der Waals surface area contributed by atoms with Gasteiger partial charge in [0.1, 0.15) is 0 Å². The average Bonchev–Trinajstić information content (AvgIpc) is 2.80. The van der Waals surface area contributed by atoms with E-state index in [4.69, 9.17) is 9.47 Å². The molecular weight excluding hydrogens is 258 g/mol. The molecule has 1 aliphatic heterocycles. The molecule has 1 fully saturated rings. The van der Waals surface area contributed by atoms with Crippen molar-refractivity contribution < 1.29 is 9.47 Å². The van der Waals surface area contributed by atoms with Gasteiger partial charge in [-0.15, -0.1) is 11.3 Å². The minimum atomic E-state index is 0.252. The van der Waals surface area contributed by atoms with Crippen molar-refractivity contribution in [3.05, 3.63) is 22.4 Å². The maximum Gasteiger partial charge on any atom is 0.0675 e. The highest BCUT2D eigenvalue weighted by Crippen LogP contribution is 2.22. The lowest BCUT2D eigenvalue weighted by atomic mass is 10.0. The first-order chi connectivity index (χ1) is 9.13. The molecule has 0 amide bonds. The Labute approximate surface area is 120 Å². The first-order valence-electron chi connectivity index (χ1n) is 7.17. The number of ether oxygens (including phenoxy) is 2. The van der Waals surface area contributed by atoms with Crippen LogP contribution in [0.3, 0.4) is 0 Å². The lowest BCUT2D eigenvalue weighted by Crippen LogP contribution is -2.38. The molecule has 3 unspecified atom stereocenters. The molecule has 1 N–H and O–H groups in total. The summed E-state index contributed by atoms with van der Waals surface area (Å²) in [5.41, 5.74) is 0. The molecule has 0 bridgehead atoms. The van der Waals surface area contributed by atoms with Crippen LogP contribution in [0, 0.1) is 0 Å². The number of nitrogens with one attached hydrogen (secondary N) is 1. The summed E-state index contributed by atoms with van der Waals surface area (Å²) in [4.78, 5) is 1.38. The van der Waals surface area contributed by atoms with Gasteiger partial charge < -0.3 is 14.8 Å². The van der Waals surface area contributed by atoms with Crippen molar-refractivity contribution >= 4 is 11.3 Å². The van der Waals surface area contributed by atoms with Crippen LogP contribution in [0.15, 0.2) is 17.5 Å². The monoisotopic (exact) mass is 283 g/mol. The van der Waals surface area contributed by atoms with Crippen LogP contribution in [-0.2, 0) is 16.0 Å². The van der Waals surface area contributed by atoms with Crippen molar-refractivity contribution in [3.63, 3.8) is 0 Å². The molecule has 3 nitrogen and oxygen atoms in total. The molecule has 0 saturated carbocycles. The van der Waals surface area contributed by atoms with Crippen LogP contribution in [0.25, 0.3) is 0 Å². The van der Waals surface area contributed by atoms with Gasteiger partial charge >= 0.3 is 0 Å². The van der Waals surface area contributed by atoms with Crippen molar-refractivity contribution in [1.82, 2.24) is 5.32 Å². The Morgan fingerprint density at radius 3 is 2.79 bits per heavy atom. The second-order valence-corrected chi connectivity index (χ2v) is 6.54. The fourth-order valence-corrected chi connectivity index (χ4v) is 3.32. The first-order valence-corrected chi connectivity index (χ1v) is 8.05. The molecule has 2 heterocycles. The molecule has 2 rings (SSSR count). The largest absolute Gasteiger partial charge is 0.375 e. The van der Waals surface area contributed by atoms with Gasteiger partial charge in [-0.3, -0.25) is 0 Å². The second kappa shape index (κ2) is 7.39. The molecule has 19 heavy (non-hydrogen) atoms. The predicted molar refractivity (Wildman–Crippen MR) is 79.6 cm³/mol. The summed E-state index contributed by atoms with van der Waals surface area (Å²) in [6.07, 6.45) is 3.26. The Hall–Kier alpha value is -0.420. The van der Waals surface area contributed by atoms with E-state index in [1.807, 2.05) is 0 Å². The molecule has 108 valence electrons. The maximum atomic E-state index is 6.11. The molecule has 1 saturated heterocycles. The van der Waals surface area contributed by atoms with Crippen molar-refractivity contribution in [2.24, 2.45) is 0 Å². The highest BCUT2D eigenvalue weighted by molar-refractivity contribution is 7.09. The highest BCUT2D eigenvalue weighted by atomic mass is 32.1. The van der Waals surface area contributed by atoms with Crippen molar-refractivity contribution in [2.45, 2.75) is 64.6 Å². The van der Waals surface area contributed by atoms with Crippen LogP contribution in [0.4, 0.5) is 0 Å². The van der Waals surface area contributed by atoms with E-state index in [0.29, 0.717) is 18.3 Å². The number of hydrogen-bond donors (Lipinski definition) is 1. The standard InChI is InChI=1S/C15H25NO2S/c1-11-7-14(8-12(2)17-11)18-13(3)9-16-10-15-5-4-6-19-15/h4-6,11-14,16H,7-10H2,1-3H3. The van der Waals surface area contributed by atoms with Gasteiger partial charge in [-0.05, 0) is 45.1 Å². The fraction of sp³-hybridized carbons (Fsp3) is 0.733. The van der Waals surface area contributed by atoms with Gasteiger partial charge in [0.05, 0.1) is 24.4 Å². The van der Waals surface area contributed by atoms with Gasteiger partial charge in [0.15, 0.2) is 0 Å². The van der Waals surface area contributed by atoms with Crippen LogP contribution >= 0.6 is 11.3 Å². The lowest BCUT2D eigenvalue weighted by Gasteiger charge is -2.33. The predicted octanol–water partition coefficient (Wildman–Crippen LogP) is 3.20. The Morgan fingerprint density at radius 2 is 2.16 bits per heavy atom. The third kappa shape index (κ3) is 5.22. The topological polar surface area (TPSA) is 30.5 Å². The van der Waals surface area contributed by atoms with Crippen molar-refractivity contribution in [2.75, 3.05) is 6.54 Å². The zero-order valence-corrected chi connectivity index (χ0v) is 12.9. The van der Waals surface area contributed by atoms with Crippen LogP contribution in [-0.4, -0.2) is 31.0 Å². The number of hydrogen-bond acceptors (Lipinski definition) is 4. The van der Waals surface area contributed by atoms with E-state index in [1.165, 1.54) is 4.88 Å². The van der Waals surface area contributed by atoms with Crippen molar-refractivity contribution in [1.29, 1.82) is 0 Å². The zero-order chi connectivity index (χ0) is 13.7. The zero-order valence-electron chi connectivity index (χ0n) is 12.1. The molecule has 4 heteroatoms. The smallest absolute Gasteiger partial charge is 0.0675 e. The normalized spacial score (nSPS) is 29.3. The number of thiophene rings is 1. The highest BCUT2D eigenvalue weighted by Gasteiger charge is 2.26. The summed E-state index contributed by atoms with van der Waals surface area (Å²) in [5, 5.41) is 5.57. The van der Waals surface area contributed by atoms with Gasteiger partial charge in [0, 0.05) is 18.0 Å². The molecule has 0 aromatic carbocycles.